The molecule has 0 heterocycles. The highest BCUT2D eigenvalue weighted by atomic mass is 31.2. The first kappa shape index (κ1) is 14.4. The van der Waals surface area contributed by atoms with Crippen molar-refractivity contribution in [2.45, 2.75) is 31.8 Å². The standard InChI is InChI=1S/C6H10F3O5P/c1-2-3-4(10)14-5(6(7,8)9)15(11,12)13/h5H,2-3H2,1H3,(H2,11,12,13)/t5-/m1/s1. The predicted molar refractivity (Wildman–Crippen MR) is 42.9 cm³/mol. The van der Waals surface area contributed by atoms with Crippen LogP contribution in [0, 0.1) is 0 Å². The molecule has 0 rings (SSSR count). The van der Waals surface area contributed by atoms with Gasteiger partial charge < -0.3 is 14.5 Å². The van der Waals surface area contributed by atoms with Crippen molar-refractivity contribution in [3.63, 3.8) is 0 Å². The minimum absolute atomic E-state index is 0.227. The Kier molecular flexibility index (Phi) is 4.76. The quantitative estimate of drug-likeness (QED) is 0.582. The van der Waals surface area contributed by atoms with E-state index in [9.17, 15) is 22.5 Å². The zero-order valence-electron chi connectivity index (χ0n) is 7.69. The van der Waals surface area contributed by atoms with E-state index >= 15 is 0 Å². The van der Waals surface area contributed by atoms with Crippen LogP contribution in [0.1, 0.15) is 19.8 Å². The van der Waals surface area contributed by atoms with Crippen LogP contribution in [0.15, 0.2) is 0 Å². The summed E-state index contributed by atoms with van der Waals surface area (Å²) in [7, 11) is -5.54. The Morgan fingerprint density at radius 2 is 1.93 bits per heavy atom. The van der Waals surface area contributed by atoms with Crippen molar-refractivity contribution < 1.29 is 37.1 Å². The lowest BCUT2D eigenvalue weighted by atomic mass is 10.3. The van der Waals surface area contributed by atoms with E-state index in [0.717, 1.165) is 0 Å². The van der Waals surface area contributed by atoms with Crippen molar-refractivity contribution in [3.05, 3.63) is 0 Å². The Balaban J connectivity index is 4.70. The molecular weight excluding hydrogens is 240 g/mol. The van der Waals surface area contributed by atoms with Crippen molar-refractivity contribution in [1.29, 1.82) is 0 Å². The van der Waals surface area contributed by atoms with Crippen LogP contribution in [0.4, 0.5) is 13.2 Å². The van der Waals surface area contributed by atoms with Crippen molar-refractivity contribution in [3.8, 4) is 0 Å². The topological polar surface area (TPSA) is 83.8 Å². The molecule has 0 aromatic rings. The Morgan fingerprint density at radius 3 is 2.20 bits per heavy atom. The highest BCUT2D eigenvalue weighted by Gasteiger charge is 2.54. The summed E-state index contributed by atoms with van der Waals surface area (Å²) in [5.41, 5.74) is 0. The molecule has 0 aliphatic rings. The SMILES string of the molecule is CCCC(=O)O[C@@H](C(F)(F)F)P(=O)(O)O. The first-order chi connectivity index (χ1) is 6.59. The van der Waals surface area contributed by atoms with Crippen LogP contribution < -0.4 is 0 Å². The number of hydrogen-bond donors (Lipinski definition) is 2. The lowest BCUT2D eigenvalue weighted by Gasteiger charge is -2.21. The van der Waals surface area contributed by atoms with E-state index in [-0.39, 0.29) is 12.8 Å². The summed E-state index contributed by atoms with van der Waals surface area (Å²) in [6, 6.07) is 0. The molecule has 0 bridgehead atoms. The Hall–Kier alpha value is -0.590. The van der Waals surface area contributed by atoms with Crippen LogP contribution in [0.3, 0.4) is 0 Å². The van der Waals surface area contributed by atoms with E-state index in [0.29, 0.717) is 0 Å². The molecule has 2 N–H and O–H groups in total. The van der Waals surface area contributed by atoms with E-state index in [4.69, 9.17) is 9.79 Å². The first-order valence-electron chi connectivity index (χ1n) is 3.90. The summed E-state index contributed by atoms with van der Waals surface area (Å²) in [4.78, 5) is 27.4. The molecule has 0 unspecified atom stereocenters. The molecule has 0 aliphatic heterocycles. The number of ether oxygens (including phenoxy) is 1. The molecule has 0 saturated heterocycles. The zero-order chi connectivity index (χ0) is 12.3. The number of halogens is 3. The molecular formula is C6H10F3O5P. The number of carbonyl (C=O) groups is 1. The van der Waals surface area contributed by atoms with Crippen molar-refractivity contribution in [2.75, 3.05) is 0 Å². The van der Waals surface area contributed by atoms with Gasteiger partial charge in [0.15, 0.2) is 0 Å². The summed E-state index contributed by atoms with van der Waals surface area (Å²) >= 11 is 0. The Bertz CT molecular complexity index is 270. The summed E-state index contributed by atoms with van der Waals surface area (Å²) < 4.78 is 50.2. The van der Waals surface area contributed by atoms with Gasteiger partial charge in [-0.05, 0) is 6.42 Å². The molecule has 0 aromatic carbocycles. The van der Waals surface area contributed by atoms with Gasteiger partial charge in [0.1, 0.15) is 0 Å². The predicted octanol–water partition coefficient (Wildman–Crippen LogP) is 1.40. The molecule has 90 valence electrons. The molecule has 1 atom stereocenters. The second-order valence-corrected chi connectivity index (χ2v) is 4.37. The molecule has 0 radical (unpaired) electrons. The van der Waals surface area contributed by atoms with Gasteiger partial charge in [-0.15, -0.1) is 0 Å². The monoisotopic (exact) mass is 250 g/mol. The van der Waals surface area contributed by atoms with Crippen LogP contribution >= 0.6 is 7.60 Å². The number of rotatable bonds is 4. The third kappa shape index (κ3) is 5.15. The van der Waals surface area contributed by atoms with E-state index in [1.54, 1.807) is 0 Å². The van der Waals surface area contributed by atoms with E-state index in [1.165, 1.54) is 6.92 Å². The van der Waals surface area contributed by atoms with Gasteiger partial charge in [0.05, 0.1) is 0 Å². The second-order valence-electron chi connectivity index (χ2n) is 2.72. The molecule has 5 nitrogen and oxygen atoms in total. The lowest BCUT2D eigenvalue weighted by Crippen LogP contribution is -2.33. The average molecular weight is 250 g/mol. The van der Waals surface area contributed by atoms with Gasteiger partial charge in [-0.2, -0.15) is 13.2 Å². The minimum atomic E-state index is -5.54. The second kappa shape index (κ2) is 4.96. The number of alkyl halides is 3. The van der Waals surface area contributed by atoms with Gasteiger partial charge in [-0.25, -0.2) is 0 Å². The van der Waals surface area contributed by atoms with Crippen LogP contribution in [0.2, 0.25) is 0 Å². The fourth-order valence-corrected chi connectivity index (χ4v) is 1.35. The summed E-state index contributed by atoms with van der Waals surface area (Å²) in [6.07, 6.45) is -5.38. The van der Waals surface area contributed by atoms with Gasteiger partial charge in [0.2, 0.25) is 0 Å². The maximum Gasteiger partial charge on any atom is 0.437 e. The molecule has 0 amide bonds. The molecule has 0 aromatic heterocycles. The highest BCUT2D eigenvalue weighted by molar-refractivity contribution is 7.52. The smallest absolute Gasteiger partial charge is 0.437 e. The normalized spacial score (nSPS) is 14.8. The highest BCUT2D eigenvalue weighted by Crippen LogP contribution is 2.49. The van der Waals surface area contributed by atoms with E-state index < -0.39 is 25.6 Å². The fraction of sp³-hybridized carbons (Fsp3) is 0.833. The number of carbonyl (C=O) groups excluding carboxylic acids is 1. The maximum atomic E-state index is 12.0. The third-order valence-electron chi connectivity index (χ3n) is 1.28. The van der Waals surface area contributed by atoms with Gasteiger partial charge in [0.25, 0.3) is 5.85 Å². The Labute approximate surface area is 83.4 Å². The summed E-state index contributed by atoms with van der Waals surface area (Å²) in [5.74, 6) is -4.66. The molecule has 15 heavy (non-hydrogen) atoms. The van der Waals surface area contributed by atoms with Gasteiger partial charge in [-0.1, -0.05) is 6.92 Å². The van der Waals surface area contributed by atoms with Crippen LogP contribution in [-0.2, 0) is 14.1 Å². The molecule has 0 aliphatic carbocycles. The molecule has 0 saturated carbocycles. The lowest BCUT2D eigenvalue weighted by molar-refractivity contribution is -0.202. The molecule has 9 heteroatoms. The molecule has 0 fully saturated rings. The fourth-order valence-electron chi connectivity index (χ4n) is 0.714. The summed E-state index contributed by atoms with van der Waals surface area (Å²) in [5, 5.41) is 0. The van der Waals surface area contributed by atoms with Gasteiger partial charge in [-0.3, -0.25) is 9.36 Å². The minimum Gasteiger partial charge on any atom is -0.439 e. The van der Waals surface area contributed by atoms with Gasteiger partial charge >= 0.3 is 19.7 Å². The number of esters is 1. The van der Waals surface area contributed by atoms with E-state index in [2.05, 4.69) is 4.74 Å². The van der Waals surface area contributed by atoms with Crippen LogP contribution in [-0.4, -0.2) is 27.8 Å². The van der Waals surface area contributed by atoms with Crippen molar-refractivity contribution in [2.24, 2.45) is 0 Å². The van der Waals surface area contributed by atoms with Gasteiger partial charge in [0, 0.05) is 6.42 Å². The largest absolute Gasteiger partial charge is 0.439 e. The van der Waals surface area contributed by atoms with Crippen molar-refractivity contribution in [1.82, 2.24) is 0 Å². The first-order valence-corrected chi connectivity index (χ1v) is 5.58. The van der Waals surface area contributed by atoms with E-state index in [1.807, 2.05) is 0 Å². The molecule has 0 spiro atoms. The third-order valence-corrected chi connectivity index (χ3v) is 2.29. The Morgan fingerprint density at radius 1 is 1.47 bits per heavy atom. The summed E-state index contributed by atoms with van der Waals surface area (Å²) in [6.45, 7) is 1.52. The average Bonchev–Trinajstić information content (AvgIpc) is 1.96. The maximum absolute atomic E-state index is 12.0. The number of hydrogen-bond acceptors (Lipinski definition) is 3. The van der Waals surface area contributed by atoms with Crippen LogP contribution in [0.25, 0.3) is 0 Å². The van der Waals surface area contributed by atoms with Crippen molar-refractivity contribution >= 4 is 13.6 Å². The van der Waals surface area contributed by atoms with Crippen LogP contribution in [0.5, 0.6) is 0 Å². The zero-order valence-corrected chi connectivity index (χ0v) is 8.59.